The molecule has 3 aromatic rings. The molecule has 8 nitrogen and oxygen atoms in total. The minimum Gasteiger partial charge on any atom is -0.454 e. The Morgan fingerprint density at radius 3 is 2.50 bits per heavy atom. The quantitative estimate of drug-likeness (QED) is 0.493. The van der Waals surface area contributed by atoms with Crippen LogP contribution < -0.4 is 17.0 Å². The summed E-state index contributed by atoms with van der Waals surface area (Å²) in [7, 11) is 1.26. The summed E-state index contributed by atoms with van der Waals surface area (Å²) in [6, 6.07) is 10.6. The fourth-order valence-electron chi connectivity index (χ4n) is 2.63. The highest BCUT2D eigenvalue weighted by molar-refractivity contribution is 7.08. The lowest BCUT2D eigenvalue weighted by Gasteiger charge is -2.14. The van der Waals surface area contributed by atoms with Gasteiger partial charge in [0.2, 0.25) is 5.78 Å². The Balaban J connectivity index is 1.92. The molecule has 1 aromatic carbocycles. The van der Waals surface area contributed by atoms with Crippen LogP contribution in [0.1, 0.15) is 26.3 Å². The number of ether oxygens (including phenoxy) is 1. The summed E-state index contributed by atoms with van der Waals surface area (Å²) in [4.78, 5) is 49.3. The van der Waals surface area contributed by atoms with Crippen molar-refractivity contribution in [1.29, 1.82) is 0 Å². The molecular formula is C19H17N3O5S. The van der Waals surface area contributed by atoms with Crippen molar-refractivity contribution in [2.24, 2.45) is 7.05 Å². The second kappa shape index (κ2) is 8.05. The van der Waals surface area contributed by atoms with Gasteiger partial charge in [-0.05, 0) is 17.0 Å². The molecule has 2 aromatic heterocycles. The average Bonchev–Trinajstić information content (AvgIpc) is 3.24. The molecule has 2 N–H and O–H groups in total. The fourth-order valence-corrected chi connectivity index (χ4v) is 3.26. The first-order chi connectivity index (χ1) is 13.4. The maximum Gasteiger partial charge on any atom is 0.339 e. The number of hydrogen-bond acceptors (Lipinski definition) is 7. The van der Waals surface area contributed by atoms with Gasteiger partial charge in [0, 0.05) is 12.4 Å². The van der Waals surface area contributed by atoms with Gasteiger partial charge in [-0.2, -0.15) is 11.3 Å². The maximum atomic E-state index is 12.5. The van der Waals surface area contributed by atoms with Gasteiger partial charge in [0.1, 0.15) is 11.4 Å². The average molecular weight is 399 g/mol. The number of anilines is 1. The van der Waals surface area contributed by atoms with Crippen molar-refractivity contribution in [1.82, 2.24) is 9.13 Å². The highest BCUT2D eigenvalue weighted by atomic mass is 32.1. The highest BCUT2D eigenvalue weighted by Crippen LogP contribution is 2.11. The number of thiophene rings is 1. The van der Waals surface area contributed by atoms with E-state index < -0.39 is 29.6 Å². The van der Waals surface area contributed by atoms with Gasteiger partial charge >= 0.3 is 11.7 Å². The summed E-state index contributed by atoms with van der Waals surface area (Å²) in [6.45, 7) is -0.563. The number of aromatic nitrogens is 2. The zero-order chi connectivity index (χ0) is 20.3. The number of nitrogens with two attached hydrogens (primary N) is 1. The zero-order valence-corrected chi connectivity index (χ0v) is 15.8. The highest BCUT2D eigenvalue weighted by Gasteiger charge is 2.23. The Morgan fingerprint density at radius 1 is 1.14 bits per heavy atom. The summed E-state index contributed by atoms with van der Waals surface area (Å²) in [5.41, 5.74) is 5.23. The van der Waals surface area contributed by atoms with Crippen LogP contribution in [0.2, 0.25) is 0 Å². The molecule has 0 aliphatic carbocycles. The number of ketones is 1. The molecule has 0 atom stereocenters. The Kier molecular flexibility index (Phi) is 5.55. The van der Waals surface area contributed by atoms with E-state index in [1.807, 2.05) is 6.07 Å². The van der Waals surface area contributed by atoms with Crippen molar-refractivity contribution >= 4 is 28.9 Å². The van der Waals surface area contributed by atoms with Crippen LogP contribution in [-0.2, 0) is 18.3 Å². The molecule has 0 bridgehead atoms. The monoisotopic (exact) mass is 399 g/mol. The van der Waals surface area contributed by atoms with Crippen molar-refractivity contribution in [2.75, 3.05) is 12.3 Å². The van der Waals surface area contributed by atoms with E-state index in [2.05, 4.69) is 0 Å². The number of nitrogens with zero attached hydrogens (tertiary/aromatic N) is 2. The number of esters is 1. The van der Waals surface area contributed by atoms with Crippen LogP contribution >= 0.6 is 11.3 Å². The SMILES string of the molecule is Cn1c(=O)c(C(=O)COC(=O)c2ccsc2)c(N)n(Cc2ccccc2)c1=O. The van der Waals surface area contributed by atoms with Gasteiger partial charge in [0.25, 0.3) is 5.56 Å². The Hall–Kier alpha value is -3.46. The number of Topliss-reactive ketones (excluding diaryl/α,β-unsaturated/α-hetero) is 1. The molecule has 0 aliphatic rings. The van der Waals surface area contributed by atoms with E-state index in [0.717, 1.165) is 14.7 Å². The van der Waals surface area contributed by atoms with E-state index in [1.165, 1.54) is 18.4 Å². The van der Waals surface area contributed by atoms with Crippen molar-refractivity contribution in [3.63, 3.8) is 0 Å². The Labute approximate surface area is 163 Å². The molecule has 2 heterocycles. The number of carbonyl (C=O) groups is 2. The third-order valence-electron chi connectivity index (χ3n) is 4.14. The summed E-state index contributed by atoms with van der Waals surface area (Å²) in [5.74, 6) is -1.71. The Morgan fingerprint density at radius 2 is 1.86 bits per heavy atom. The van der Waals surface area contributed by atoms with Crippen molar-refractivity contribution in [3.05, 3.63) is 84.7 Å². The second-order valence-electron chi connectivity index (χ2n) is 5.99. The maximum absolute atomic E-state index is 12.5. The van der Waals surface area contributed by atoms with Crippen LogP contribution in [0.15, 0.2) is 56.7 Å². The van der Waals surface area contributed by atoms with E-state index in [1.54, 1.807) is 41.1 Å². The normalized spacial score (nSPS) is 10.6. The molecule has 0 amide bonds. The van der Waals surface area contributed by atoms with Crippen molar-refractivity contribution < 1.29 is 14.3 Å². The molecule has 144 valence electrons. The fraction of sp³-hybridized carbons (Fsp3) is 0.158. The van der Waals surface area contributed by atoms with Crippen LogP contribution in [-0.4, -0.2) is 27.5 Å². The number of carbonyl (C=O) groups excluding carboxylic acids is 2. The predicted octanol–water partition coefficient (Wildman–Crippen LogP) is 1.28. The minimum absolute atomic E-state index is 0.0919. The molecule has 28 heavy (non-hydrogen) atoms. The van der Waals surface area contributed by atoms with E-state index in [9.17, 15) is 19.2 Å². The van der Waals surface area contributed by atoms with Gasteiger partial charge in [-0.25, -0.2) is 9.59 Å². The number of benzene rings is 1. The molecule has 0 aliphatic heterocycles. The number of nitrogen functional groups attached to an aromatic ring is 1. The minimum atomic E-state index is -0.830. The summed E-state index contributed by atoms with van der Waals surface area (Å²) in [6.07, 6.45) is 0. The van der Waals surface area contributed by atoms with Gasteiger partial charge < -0.3 is 10.5 Å². The zero-order valence-electron chi connectivity index (χ0n) is 15.0. The molecule has 9 heteroatoms. The molecular weight excluding hydrogens is 382 g/mol. The van der Waals surface area contributed by atoms with Crippen LogP contribution in [0, 0.1) is 0 Å². The lowest BCUT2D eigenvalue weighted by molar-refractivity contribution is 0.0474. The van der Waals surface area contributed by atoms with Crippen LogP contribution in [0.5, 0.6) is 0 Å². The predicted molar refractivity (Wildman–Crippen MR) is 105 cm³/mol. The first-order valence-corrected chi connectivity index (χ1v) is 9.20. The number of hydrogen-bond donors (Lipinski definition) is 1. The molecule has 0 saturated heterocycles. The van der Waals surface area contributed by atoms with Crippen molar-refractivity contribution in [2.45, 2.75) is 6.54 Å². The van der Waals surface area contributed by atoms with Gasteiger partial charge in [-0.15, -0.1) is 0 Å². The molecule has 0 radical (unpaired) electrons. The van der Waals surface area contributed by atoms with Gasteiger partial charge in [0.15, 0.2) is 6.61 Å². The summed E-state index contributed by atoms with van der Waals surface area (Å²) >= 11 is 1.31. The van der Waals surface area contributed by atoms with E-state index in [0.29, 0.717) is 5.56 Å². The third-order valence-corrected chi connectivity index (χ3v) is 4.82. The molecule has 0 fully saturated rings. The number of rotatable bonds is 6. The molecule has 0 unspecified atom stereocenters. The standard InChI is InChI=1S/C19H17N3O5S/c1-21-17(24)15(14(23)10-27-18(25)13-7-8-28-11-13)16(20)22(19(21)26)9-12-5-3-2-4-6-12/h2-8,11H,9-10,20H2,1H3. The molecule has 3 rings (SSSR count). The van der Waals surface area contributed by atoms with Gasteiger partial charge in [-0.1, -0.05) is 30.3 Å². The summed E-state index contributed by atoms with van der Waals surface area (Å²) in [5, 5.41) is 3.28. The lowest BCUT2D eigenvalue weighted by Crippen LogP contribution is -2.43. The first kappa shape index (κ1) is 19.3. The van der Waals surface area contributed by atoms with Crippen molar-refractivity contribution in [3.8, 4) is 0 Å². The topological polar surface area (TPSA) is 113 Å². The van der Waals surface area contributed by atoms with Gasteiger partial charge in [0.05, 0.1) is 12.1 Å². The van der Waals surface area contributed by atoms with E-state index in [-0.39, 0.29) is 17.9 Å². The molecule has 0 saturated carbocycles. The van der Waals surface area contributed by atoms with Crippen LogP contribution in [0.4, 0.5) is 5.82 Å². The van der Waals surface area contributed by atoms with E-state index >= 15 is 0 Å². The van der Waals surface area contributed by atoms with Gasteiger partial charge in [-0.3, -0.25) is 18.7 Å². The summed E-state index contributed by atoms with van der Waals surface area (Å²) < 4.78 is 6.92. The first-order valence-electron chi connectivity index (χ1n) is 8.26. The smallest absolute Gasteiger partial charge is 0.339 e. The van der Waals surface area contributed by atoms with Crippen LogP contribution in [0.25, 0.3) is 0 Å². The molecule has 0 spiro atoms. The van der Waals surface area contributed by atoms with E-state index in [4.69, 9.17) is 10.5 Å². The third kappa shape index (κ3) is 3.79. The lowest BCUT2D eigenvalue weighted by atomic mass is 10.2. The second-order valence-corrected chi connectivity index (χ2v) is 6.77. The van der Waals surface area contributed by atoms with Crippen LogP contribution in [0.3, 0.4) is 0 Å². The Bertz CT molecular complexity index is 1130. The largest absolute Gasteiger partial charge is 0.454 e.